The summed E-state index contributed by atoms with van der Waals surface area (Å²) < 4.78 is 45.1. The molecule has 0 unspecified atom stereocenters. The van der Waals surface area contributed by atoms with Gasteiger partial charge in [-0.3, -0.25) is 14.8 Å². The largest absolute Gasteiger partial charge is 0.279 e. The zero-order chi connectivity index (χ0) is 17.8. The number of hydrogen-bond donors (Lipinski definition) is 1. The van der Waals surface area contributed by atoms with Crippen molar-refractivity contribution in [3.8, 4) is 0 Å². The minimum Gasteiger partial charge on any atom is -0.279 e. The lowest BCUT2D eigenvalue weighted by molar-refractivity contribution is -0.171. The van der Waals surface area contributed by atoms with Gasteiger partial charge >= 0.3 is 0 Å². The Labute approximate surface area is 131 Å². The van der Waals surface area contributed by atoms with Crippen molar-refractivity contribution in [2.45, 2.75) is 51.0 Å². The smallest absolute Gasteiger partial charge is 0.253 e. The van der Waals surface area contributed by atoms with Gasteiger partial charge in [-0.1, -0.05) is 20.8 Å². The molecule has 8 nitrogen and oxygen atoms in total. The molecule has 2 amide bonds. The van der Waals surface area contributed by atoms with E-state index >= 15 is 0 Å². The van der Waals surface area contributed by atoms with Crippen LogP contribution < -0.4 is 0 Å². The molecule has 1 heterocycles. The van der Waals surface area contributed by atoms with E-state index in [0.717, 1.165) is 0 Å². The fraction of sp³-hybridized carbons (Fsp3) is 0.833. The number of nitrogens with zero attached hydrogens (tertiary/aromatic N) is 1. The summed E-state index contributed by atoms with van der Waals surface area (Å²) in [6.45, 7) is 5.81. The zero-order valence-electron chi connectivity index (χ0n) is 13.2. The molecule has 0 aromatic rings. The van der Waals surface area contributed by atoms with Crippen molar-refractivity contribution in [1.29, 1.82) is 0 Å². The molecule has 1 N–H and O–H groups in total. The molecule has 1 aliphatic rings. The van der Waals surface area contributed by atoms with Crippen LogP contribution in [-0.4, -0.2) is 54.5 Å². The molecule has 0 aliphatic carbocycles. The van der Waals surface area contributed by atoms with Gasteiger partial charge in [-0.05, 0) is 13.3 Å². The fourth-order valence-corrected chi connectivity index (χ4v) is 6.16. The minimum atomic E-state index is -3.57. The molecule has 0 atom stereocenters. The van der Waals surface area contributed by atoms with Crippen LogP contribution in [0.15, 0.2) is 0 Å². The maximum absolute atomic E-state index is 11.7. The van der Waals surface area contributed by atoms with Gasteiger partial charge in [-0.25, -0.2) is 16.8 Å². The molecule has 1 saturated heterocycles. The first-order valence-corrected chi connectivity index (χ1v) is 10.2. The van der Waals surface area contributed by atoms with Crippen molar-refractivity contribution >= 4 is 31.5 Å². The highest BCUT2D eigenvalue weighted by molar-refractivity contribution is 8.10. The van der Waals surface area contributed by atoms with Crippen LogP contribution in [0.1, 0.15) is 47.0 Å². The molecular weight excluding hydrogens is 334 g/mol. The average molecular weight is 357 g/mol. The second-order valence-electron chi connectivity index (χ2n) is 4.89. The first kappa shape index (κ1) is 21.0. The number of rotatable bonds is 5. The highest BCUT2D eigenvalue weighted by Gasteiger charge is 2.47. The van der Waals surface area contributed by atoms with Gasteiger partial charge in [-0.15, -0.1) is 0 Å². The first-order valence-electron chi connectivity index (χ1n) is 6.89. The molecule has 0 spiro atoms. The summed E-state index contributed by atoms with van der Waals surface area (Å²) in [5.41, 5.74) is 0. The van der Waals surface area contributed by atoms with E-state index in [1.165, 1.54) is 20.8 Å². The van der Waals surface area contributed by atoms with Gasteiger partial charge in [0.2, 0.25) is 0 Å². The van der Waals surface area contributed by atoms with E-state index in [1.807, 2.05) is 0 Å². The van der Waals surface area contributed by atoms with E-state index in [-0.39, 0.29) is 35.8 Å². The molecule has 10 heteroatoms. The molecule has 1 fully saturated rings. The molecule has 130 valence electrons. The van der Waals surface area contributed by atoms with Gasteiger partial charge in [0, 0.05) is 24.3 Å². The van der Waals surface area contributed by atoms with E-state index in [1.54, 1.807) is 6.92 Å². The highest BCUT2D eigenvalue weighted by atomic mass is 32.3. The third-order valence-electron chi connectivity index (χ3n) is 3.74. The first-order chi connectivity index (χ1) is 9.90. The Hall–Kier alpha value is -1.00. The van der Waals surface area contributed by atoms with Crippen LogP contribution >= 0.6 is 0 Å². The van der Waals surface area contributed by atoms with Crippen LogP contribution in [0.3, 0.4) is 0 Å². The molecule has 0 radical (unpaired) electrons. The van der Waals surface area contributed by atoms with Gasteiger partial charge in [0.05, 0.1) is 0 Å². The van der Waals surface area contributed by atoms with E-state index in [2.05, 4.69) is 0 Å². The Morgan fingerprint density at radius 3 is 1.41 bits per heavy atom. The molecule has 1 aliphatic heterocycles. The average Bonchev–Trinajstić information content (AvgIpc) is 2.77. The number of amides is 2. The van der Waals surface area contributed by atoms with Gasteiger partial charge in [0.1, 0.15) is 0 Å². The summed E-state index contributed by atoms with van der Waals surface area (Å²) in [6.07, 6.45) is 0.393. The zero-order valence-corrected chi connectivity index (χ0v) is 14.8. The quantitative estimate of drug-likeness (QED) is 0.561. The third kappa shape index (κ3) is 4.05. The monoisotopic (exact) mass is 357 g/mol. The minimum absolute atomic E-state index is 0.0966. The summed E-state index contributed by atoms with van der Waals surface area (Å²) >= 11 is 0. The number of hydrogen-bond acceptors (Lipinski definition) is 7. The summed E-state index contributed by atoms with van der Waals surface area (Å²) in [5.74, 6) is -1.29. The topological polar surface area (TPSA) is 126 Å². The number of imide groups is 1. The van der Waals surface area contributed by atoms with Crippen molar-refractivity contribution in [3.63, 3.8) is 0 Å². The lowest BCUT2D eigenvalue weighted by Gasteiger charge is -2.26. The van der Waals surface area contributed by atoms with Gasteiger partial charge < -0.3 is 0 Å². The van der Waals surface area contributed by atoms with Gasteiger partial charge in [0.15, 0.2) is 23.8 Å². The third-order valence-corrected chi connectivity index (χ3v) is 10.00. The standard InChI is InChI=1S/C8H18O4S2.C4H5NO3/c1-5-8(4,13(9,10)6-2)14(11,12)7-3;6-3-1-2-4(7)5(3)8/h5-7H2,1-4H3;8H,1-2H2. The Morgan fingerprint density at radius 1 is 0.955 bits per heavy atom. The summed E-state index contributed by atoms with van der Waals surface area (Å²) in [7, 11) is -7.14. The van der Waals surface area contributed by atoms with Crippen molar-refractivity contribution in [2.75, 3.05) is 11.5 Å². The Morgan fingerprint density at radius 2 is 1.27 bits per heavy atom. The molecule has 1 rings (SSSR count). The second-order valence-corrected chi connectivity index (χ2v) is 10.6. The normalized spacial score (nSPS) is 16.5. The van der Waals surface area contributed by atoms with E-state index in [9.17, 15) is 26.4 Å². The molecule has 0 aromatic carbocycles. The highest BCUT2D eigenvalue weighted by Crippen LogP contribution is 2.29. The summed E-state index contributed by atoms with van der Waals surface area (Å²) in [6, 6.07) is 0. The lowest BCUT2D eigenvalue weighted by Crippen LogP contribution is -2.44. The predicted molar refractivity (Wildman–Crippen MR) is 80.5 cm³/mol. The Kier molecular flexibility index (Phi) is 7.17. The maximum atomic E-state index is 11.7. The van der Waals surface area contributed by atoms with Gasteiger partial charge in [-0.2, -0.15) is 5.06 Å². The fourth-order valence-electron chi connectivity index (χ4n) is 1.81. The number of carbonyl (C=O) groups excluding carboxylic acids is 2. The SMILES string of the molecule is CCC(C)(S(=O)(=O)CC)S(=O)(=O)CC.O=C1CCC(=O)N1O. The van der Waals surface area contributed by atoms with E-state index < -0.39 is 35.6 Å². The molecular formula is C12H23NO7S2. The molecule has 0 saturated carbocycles. The van der Waals surface area contributed by atoms with Crippen LogP contribution in [0.4, 0.5) is 0 Å². The van der Waals surface area contributed by atoms with Crippen molar-refractivity contribution < 1.29 is 31.6 Å². The van der Waals surface area contributed by atoms with Crippen LogP contribution in [-0.2, 0) is 29.3 Å². The van der Waals surface area contributed by atoms with Crippen molar-refractivity contribution in [3.05, 3.63) is 0 Å². The van der Waals surface area contributed by atoms with Crippen LogP contribution in [0.5, 0.6) is 0 Å². The van der Waals surface area contributed by atoms with Gasteiger partial charge in [0.25, 0.3) is 11.8 Å². The number of hydroxylamine groups is 2. The summed E-state index contributed by atoms with van der Waals surface area (Å²) in [5, 5.41) is 8.57. The van der Waals surface area contributed by atoms with E-state index in [0.29, 0.717) is 0 Å². The number of sulfone groups is 2. The lowest BCUT2D eigenvalue weighted by atomic mass is 10.4. The predicted octanol–water partition coefficient (Wildman–Crippen LogP) is 0.507. The Bertz CT molecular complexity index is 572. The van der Waals surface area contributed by atoms with Crippen LogP contribution in [0, 0.1) is 0 Å². The van der Waals surface area contributed by atoms with Crippen LogP contribution in [0.25, 0.3) is 0 Å². The van der Waals surface area contributed by atoms with Crippen LogP contribution in [0.2, 0.25) is 0 Å². The second kappa shape index (κ2) is 7.51. The van der Waals surface area contributed by atoms with Crippen molar-refractivity contribution in [2.24, 2.45) is 0 Å². The van der Waals surface area contributed by atoms with Crippen molar-refractivity contribution in [1.82, 2.24) is 5.06 Å². The number of carbonyl (C=O) groups is 2. The maximum Gasteiger partial charge on any atom is 0.253 e. The molecule has 0 bridgehead atoms. The molecule has 0 aromatic heterocycles. The molecule has 22 heavy (non-hydrogen) atoms. The Balaban J connectivity index is 0.000000461. The van der Waals surface area contributed by atoms with E-state index in [4.69, 9.17) is 5.21 Å². The summed E-state index contributed by atoms with van der Waals surface area (Å²) in [4.78, 5) is 20.5.